The van der Waals surface area contributed by atoms with E-state index in [1.165, 1.54) is 0 Å². The third kappa shape index (κ3) is 3.33. The first-order valence-corrected chi connectivity index (χ1v) is 6.65. The molecular weight excluding hydrogens is 240 g/mol. The summed E-state index contributed by atoms with van der Waals surface area (Å²) < 4.78 is 5.60. The molecule has 0 spiro atoms. The summed E-state index contributed by atoms with van der Waals surface area (Å²) >= 11 is 0. The van der Waals surface area contributed by atoms with E-state index in [0.29, 0.717) is 24.3 Å². The second-order valence-electron chi connectivity index (χ2n) is 4.66. The fraction of sp³-hybridized carbons (Fsp3) is 0.467. The van der Waals surface area contributed by atoms with Gasteiger partial charge in [0.15, 0.2) is 0 Å². The third-order valence-electron chi connectivity index (χ3n) is 3.33. The van der Waals surface area contributed by atoms with Crippen LogP contribution in [0.3, 0.4) is 0 Å². The number of carbonyl (C=O) groups excluding carboxylic acids is 1. The molecule has 1 aliphatic rings. The highest BCUT2D eigenvalue weighted by Crippen LogP contribution is 2.16. The molecule has 100 valence electrons. The van der Waals surface area contributed by atoms with E-state index >= 15 is 0 Å². The number of likely N-dealkylation sites (tertiary alicyclic amines) is 1. The molecule has 0 aliphatic carbocycles. The monoisotopic (exact) mass is 258 g/mol. The van der Waals surface area contributed by atoms with Crippen molar-refractivity contribution >= 4 is 5.91 Å². The molecular formula is C15H18N2O2. The summed E-state index contributed by atoms with van der Waals surface area (Å²) in [6, 6.07) is 8.83. The summed E-state index contributed by atoms with van der Waals surface area (Å²) in [6.45, 7) is 4.10. The van der Waals surface area contributed by atoms with E-state index in [9.17, 15) is 4.79 Å². The minimum absolute atomic E-state index is 0.0221. The summed E-state index contributed by atoms with van der Waals surface area (Å²) in [5, 5.41) is 8.75. The van der Waals surface area contributed by atoms with Crippen molar-refractivity contribution in [1.29, 1.82) is 5.26 Å². The van der Waals surface area contributed by atoms with E-state index in [0.717, 1.165) is 19.4 Å². The lowest BCUT2D eigenvalue weighted by Crippen LogP contribution is -2.43. The van der Waals surface area contributed by atoms with E-state index in [1.807, 2.05) is 11.8 Å². The Morgan fingerprint density at radius 3 is 2.84 bits per heavy atom. The van der Waals surface area contributed by atoms with Crippen molar-refractivity contribution < 1.29 is 9.53 Å². The Hall–Kier alpha value is -1.86. The standard InChI is InChI=1S/C15H18N2O2/c1-2-19-14-4-3-9-17(11-14)15(18)13-7-5-12(10-16)6-8-13/h5-8,14H,2-4,9,11H2,1H3. The summed E-state index contributed by atoms with van der Waals surface area (Å²) in [6.07, 6.45) is 2.15. The Morgan fingerprint density at radius 2 is 2.21 bits per heavy atom. The van der Waals surface area contributed by atoms with E-state index in [1.54, 1.807) is 24.3 Å². The molecule has 4 heteroatoms. The third-order valence-corrected chi connectivity index (χ3v) is 3.33. The predicted octanol–water partition coefficient (Wildman–Crippen LogP) is 2.20. The molecule has 1 saturated heterocycles. The van der Waals surface area contributed by atoms with Gasteiger partial charge < -0.3 is 9.64 Å². The lowest BCUT2D eigenvalue weighted by Gasteiger charge is -2.32. The Bertz CT molecular complexity index is 474. The lowest BCUT2D eigenvalue weighted by atomic mass is 10.1. The largest absolute Gasteiger partial charge is 0.377 e. The van der Waals surface area contributed by atoms with Gasteiger partial charge in [-0.1, -0.05) is 0 Å². The van der Waals surface area contributed by atoms with Crippen LogP contribution in [0.5, 0.6) is 0 Å². The van der Waals surface area contributed by atoms with E-state index in [-0.39, 0.29) is 12.0 Å². The summed E-state index contributed by atoms with van der Waals surface area (Å²) in [7, 11) is 0. The van der Waals surface area contributed by atoms with Crippen molar-refractivity contribution in [1.82, 2.24) is 4.90 Å². The first-order chi connectivity index (χ1) is 9.24. The van der Waals surface area contributed by atoms with Gasteiger partial charge in [0.2, 0.25) is 0 Å². The Balaban J connectivity index is 2.04. The molecule has 0 radical (unpaired) electrons. The number of nitrogens with zero attached hydrogens (tertiary/aromatic N) is 2. The zero-order valence-corrected chi connectivity index (χ0v) is 11.1. The van der Waals surface area contributed by atoms with Crippen LogP contribution in [0.15, 0.2) is 24.3 Å². The summed E-state index contributed by atoms with van der Waals surface area (Å²) in [4.78, 5) is 14.2. The lowest BCUT2D eigenvalue weighted by molar-refractivity contribution is 0.00724. The molecule has 1 heterocycles. The summed E-state index contributed by atoms with van der Waals surface area (Å²) in [5.41, 5.74) is 1.21. The zero-order valence-electron chi connectivity index (χ0n) is 11.1. The SMILES string of the molecule is CCOC1CCCN(C(=O)c2ccc(C#N)cc2)C1. The molecule has 1 unspecified atom stereocenters. The normalized spacial score (nSPS) is 18.9. The molecule has 19 heavy (non-hydrogen) atoms. The van der Waals surface area contributed by atoms with Crippen molar-refractivity contribution in [2.24, 2.45) is 0 Å². The predicted molar refractivity (Wildman–Crippen MR) is 71.7 cm³/mol. The van der Waals surface area contributed by atoms with Crippen LogP contribution in [0.1, 0.15) is 35.7 Å². The van der Waals surface area contributed by atoms with Crippen molar-refractivity contribution in [3.63, 3.8) is 0 Å². The fourth-order valence-corrected chi connectivity index (χ4v) is 2.36. The highest BCUT2D eigenvalue weighted by atomic mass is 16.5. The van der Waals surface area contributed by atoms with Gasteiger partial charge in [-0.05, 0) is 44.0 Å². The van der Waals surface area contributed by atoms with Gasteiger partial charge in [-0.25, -0.2) is 0 Å². The van der Waals surface area contributed by atoms with Gasteiger partial charge >= 0.3 is 0 Å². The Morgan fingerprint density at radius 1 is 1.47 bits per heavy atom. The molecule has 2 rings (SSSR count). The van der Waals surface area contributed by atoms with Gasteiger partial charge in [-0.2, -0.15) is 5.26 Å². The van der Waals surface area contributed by atoms with E-state index < -0.39 is 0 Å². The van der Waals surface area contributed by atoms with Crippen molar-refractivity contribution in [3.05, 3.63) is 35.4 Å². The molecule has 4 nitrogen and oxygen atoms in total. The van der Waals surface area contributed by atoms with Crippen LogP contribution < -0.4 is 0 Å². The number of hydrogen-bond acceptors (Lipinski definition) is 3. The highest BCUT2D eigenvalue weighted by Gasteiger charge is 2.24. The first-order valence-electron chi connectivity index (χ1n) is 6.65. The van der Waals surface area contributed by atoms with Crippen LogP contribution in [-0.2, 0) is 4.74 Å². The van der Waals surface area contributed by atoms with Crippen LogP contribution in [-0.4, -0.2) is 36.6 Å². The summed E-state index contributed by atoms with van der Waals surface area (Å²) in [5.74, 6) is 0.0221. The van der Waals surface area contributed by atoms with Crippen LogP contribution in [0.4, 0.5) is 0 Å². The quantitative estimate of drug-likeness (QED) is 0.835. The van der Waals surface area contributed by atoms with Crippen molar-refractivity contribution in [2.75, 3.05) is 19.7 Å². The van der Waals surface area contributed by atoms with Gasteiger partial charge in [0, 0.05) is 25.3 Å². The average molecular weight is 258 g/mol. The maximum absolute atomic E-state index is 12.3. The van der Waals surface area contributed by atoms with Gasteiger partial charge in [-0.3, -0.25) is 4.79 Å². The van der Waals surface area contributed by atoms with Gasteiger partial charge in [0.05, 0.1) is 17.7 Å². The second-order valence-corrected chi connectivity index (χ2v) is 4.66. The minimum atomic E-state index is 0.0221. The molecule has 0 aromatic heterocycles. The van der Waals surface area contributed by atoms with Crippen LogP contribution >= 0.6 is 0 Å². The second kappa shape index (κ2) is 6.35. The molecule has 1 aliphatic heterocycles. The molecule has 1 fully saturated rings. The minimum Gasteiger partial charge on any atom is -0.377 e. The van der Waals surface area contributed by atoms with Crippen molar-refractivity contribution in [2.45, 2.75) is 25.9 Å². The molecule has 0 saturated carbocycles. The maximum atomic E-state index is 12.3. The molecule has 1 amide bonds. The number of hydrogen-bond donors (Lipinski definition) is 0. The maximum Gasteiger partial charge on any atom is 0.253 e. The van der Waals surface area contributed by atoms with Crippen LogP contribution in [0, 0.1) is 11.3 Å². The smallest absolute Gasteiger partial charge is 0.253 e. The molecule has 1 aromatic carbocycles. The van der Waals surface area contributed by atoms with Crippen LogP contribution in [0.25, 0.3) is 0 Å². The van der Waals surface area contributed by atoms with Gasteiger partial charge in [0.25, 0.3) is 5.91 Å². The zero-order chi connectivity index (χ0) is 13.7. The number of piperidine rings is 1. The highest BCUT2D eigenvalue weighted by molar-refractivity contribution is 5.94. The Kier molecular flexibility index (Phi) is 4.53. The number of ether oxygens (including phenoxy) is 1. The van der Waals surface area contributed by atoms with Gasteiger partial charge in [-0.15, -0.1) is 0 Å². The van der Waals surface area contributed by atoms with E-state index in [4.69, 9.17) is 10.00 Å². The van der Waals surface area contributed by atoms with E-state index in [2.05, 4.69) is 6.07 Å². The number of benzene rings is 1. The number of nitriles is 1. The van der Waals surface area contributed by atoms with Crippen LogP contribution in [0.2, 0.25) is 0 Å². The molecule has 1 aromatic rings. The fourth-order valence-electron chi connectivity index (χ4n) is 2.36. The first kappa shape index (κ1) is 13.6. The number of amides is 1. The number of rotatable bonds is 3. The van der Waals surface area contributed by atoms with Gasteiger partial charge in [0.1, 0.15) is 0 Å². The topological polar surface area (TPSA) is 53.3 Å². The molecule has 0 bridgehead atoms. The average Bonchev–Trinajstić information content (AvgIpc) is 2.47. The number of carbonyl (C=O) groups is 1. The Labute approximate surface area is 113 Å². The van der Waals surface area contributed by atoms with Crippen molar-refractivity contribution in [3.8, 4) is 6.07 Å². The molecule has 1 atom stereocenters. The molecule has 0 N–H and O–H groups in total.